The van der Waals surface area contributed by atoms with Crippen molar-refractivity contribution in [1.29, 1.82) is 0 Å². The van der Waals surface area contributed by atoms with Crippen LogP contribution < -0.4 is 0 Å². The third kappa shape index (κ3) is 6.60. The molecule has 0 radical (unpaired) electrons. The van der Waals surface area contributed by atoms with Crippen LogP contribution >= 0.6 is 11.3 Å². The van der Waals surface area contributed by atoms with Gasteiger partial charge in [0, 0.05) is 50.2 Å². The van der Waals surface area contributed by atoms with Crippen molar-refractivity contribution in [2.24, 2.45) is 5.41 Å². The number of aromatic nitrogens is 1. The van der Waals surface area contributed by atoms with Crippen LogP contribution in [0.5, 0.6) is 0 Å². The molecule has 2 unspecified atom stereocenters. The van der Waals surface area contributed by atoms with Gasteiger partial charge in [-0.1, -0.05) is 60.7 Å². The molecule has 0 saturated carbocycles. The lowest BCUT2D eigenvalue weighted by Crippen LogP contribution is -2.51. The topological polar surface area (TPSA) is 73.7 Å². The molecule has 2 fully saturated rings. The average Bonchev–Trinajstić information content (AvgIpc) is 3.55. The first-order valence-electron chi connectivity index (χ1n) is 12.5. The minimum atomic E-state index is -5.08. The quantitative estimate of drug-likeness (QED) is 0.460. The molecule has 0 aliphatic carbocycles. The number of hydrogen-bond donors (Lipinski definition) is 1. The summed E-state index contributed by atoms with van der Waals surface area (Å²) in [5.74, 6) is -2.24. The number of carboxylic acid groups (broad SMARTS) is 1. The van der Waals surface area contributed by atoms with Crippen LogP contribution in [-0.4, -0.2) is 64.1 Å². The Morgan fingerprint density at radius 3 is 2.29 bits per heavy atom. The van der Waals surface area contributed by atoms with Crippen molar-refractivity contribution in [3.05, 3.63) is 88.4 Å². The summed E-state index contributed by atoms with van der Waals surface area (Å²) >= 11 is 1.70. The van der Waals surface area contributed by atoms with E-state index in [0.717, 1.165) is 50.4 Å². The largest absolute Gasteiger partial charge is 0.490 e. The van der Waals surface area contributed by atoms with Gasteiger partial charge in [0.2, 0.25) is 5.91 Å². The number of rotatable bonds is 6. The fraction of sp³-hybridized carbons (Fsp3) is 0.393. The number of thiazole rings is 1. The van der Waals surface area contributed by atoms with Gasteiger partial charge >= 0.3 is 12.1 Å². The maximum atomic E-state index is 14.0. The molecule has 1 N–H and O–H groups in total. The number of alkyl halides is 3. The van der Waals surface area contributed by atoms with Crippen molar-refractivity contribution in [1.82, 2.24) is 14.8 Å². The summed E-state index contributed by atoms with van der Waals surface area (Å²) < 4.78 is 31.7. The number of nitrogens with zero attached hydrogens (tertiary/aromatic N) is 3. The number of aliphatic carboxylic acids is 1. The van der Waals surface area contributed by atoms with Gasteiger partial charge in [-0.15, -0.1) is 11.3 Å². The van der Waals surface area contributed by atoms with E-state index >= 15 is 0 Å². The average molecular weight is 546 g/mol. The molecule has 3 aromatic rings. The molecular formula is C28H30F3N3O3S. The van der Waals surface area contributed by atoms with Crippen molar-refractivity contribution in [3.63, 3.8) is 0 Å². The first-order chi connectivity index (χ1) is 18.2. The molecule has 2 saturated heterocycles. The molecular weight excluding hydrogens is 515 g/mol. The van der Waals surface area contributed by atoms with Crippen molar-refractivity contribution < 1.29 is 27.9 Å². The molecule has 2 aromatic carbocycles. The van der Waals surface area contributed by atoms with Crippen LogP contribution in [0.3, 0.4) is 0 Å². The number of hydrogen-bond acceptors (Lipinski definition) is 5. The zero-order valence-corrected chi connectivity index (χ0v) is 21.6. The number of halogens is 3. The van der Waals surface area contributed by atoms with Crippen molar-refractivity contribution in [3.8, 4) is 0 Å². The summed E-state index contributed by atoms with van der Waals surface area (Å²) in [6, 6.07) is 21.0. The van der Waals surface area contributed by atoms with Crippen LogP contribution in [-0.2, 0) is 22.6 Å². The second kappa shape index (κ2) is 12.1. The summed E-state index contributed by atoms with van der Waals surface area (Å²) in [6.45, 7) is 4.30. The molecule has 0 bridgehead atoms. The molecule has 2 atom stereocenters. The number of carbonyl (C=O) groups excluding carboxylic acids is 1. The predicted octanol–water partition coefficient (Wildman–Crippen LogP) is 5.23. The normalized spacial score (nSPS) is 21.8. The Balaban J connectivity index is 0.000000426. The number of amides is 1. The van der Waals surface area contributed by atoms with E-state index in [2.05, 4.69) is 69.4 Å². The highest BCUT2D eigenvalue weighted by Crippen LogP contribution is 2.50. The Hall–Kier alpha value is -3.24. The molecule has 1 spiro atoms. The smallest absolute Gasteiger partial charge is 0.475 e. The number of benzene rings is 2. The molecule has 6 nitrogen and oxygen atoms in total. The van der Waals surface area contributed by atoms with E-state index in [1.54, 1.807) is 11.3 Å². The molecule has 2 aliphatic heterocycles. The van der Waals surface area contributed by atoms with E-state index in [9.17, 15) is 18.0 Å². The molecule has 38 heavy (non-hydrogen) atoms. The second-order valence-corrected chi connectivity index (χ2v) is 10.6. The van der Waals surface area contributed by atoms with Gasteiger partial charge in [0.05, 0.1) is 10.4 Å². The van der Waals surface area contributed by atoms with Crippen molar-refractivity contribution >= 4 is 23.2 Å². The first kappa shape index (κ1) is 27.8. The molecule has 3 heterocycles. The lowest BCUT2D eigenvalue weighted by molar-refractivity contribution is -0.192. The molecule has 2 aliphatic rings. The van der Waals surface area contributed by atoms with E-state index in [-0.39, 0.29) is 11.3 Å². The molecule has 10 heteroatoms. The van der Waals surface area contributed by atoms with Gasteiger partial charge in [0.15, 0.2) is 0 Å². The van der Waals surface area contributed by atoms with Gasteiger partial charge in [-0.25, -0.2) is 9.78 Å². The summed E-state index contributed by atoms with van der Waals surface area (Å²) in [7, 11) is 0. The fourth-order valence-corrected chi connectivity index (χ4v) is 6.21. The zero-order valence-electron chi connectivity index (χ0n) is 20.8. The minimum Gasteiger partial charge on any atom is -0.475 e. The van der Waals surface area contributed by atoms with E-state index in [0.29, 0.717) is 12.5 Å². The van der Waals surface area contributed by atoms with Gasteiger partial charge in [-0.05, 0) is 30.4 Å². The SMILES string of the molecule is O=C(O)C(F)(F)F.O=C1N(Cc2ccccc2)CCCC12CN(CCc1ccccc1)CC2c1nccs1. The van der Waals surface area contributed by atoms with Crippen LogP contribution in [0.1, 0.15) is 34.9 Å². The summed E-state index contributed by atoms with van der Waals surface area (Å²) in [4.78, 5) is 32.1. The standard InChI is InChI=1S/C26H29N3OS.C2HF3O2/c30-25-26(13-7-15-29(25)18-22-10-5-2-6-11-22)20-28(16-12-21-8-3-1-4-9-21)19-23(26)24-27-14-17-31-24;3-2(4,5)1(6)7/h1-6,8-11,14,17,23H,7,12-13,15-16,18-20H2;(H,6,7). The maximum absolute atomic E-state index is 14.0. The highest BCUT2D eigenvalue weighted by Gasteiger charge is 2.55. The van der Waals surface area contributed by atoms with Gasteiger partial charge in [-0.2, -0.15) is 13.2 Å². The third-order valence-corrected chi connectivity index (χ3v) is 8.03. The van der Waals surface area contributed by atoms with Crippen LogP contribution in [0.15, 0.2) is 72.2 Å². The summed E-state index contributed by atoms with van der Waals surface area (Å²) in [5.41, 5.74) is 2.22. The van der Waals surface area contributed by atoms with E-state index in [1.165, 1.54) is 11.1 Å². The molecule has 202 valence electrons. The number of piperidine rings is 1. The summed E-state index contributed by atoms with van der Waals surface area (Å²) in [5, 5.41) is 10.3. The van der Waals surface area contributed by atoms with Gasteiger partial charge in [0.1, 0.15) is 0 Å². The van der Waals surface area contributed by atoms with Crippen molar-refractivity contribution in [2.45, 2.75) is 37.9 Å². The van der Waals surface area contributed by atoms with Gasteiger partial charge < -0.3 is 14.9 Å². The fourth-order valence-electron chi connectivity index (χ4n) is 5.36. The van der Waals surface area contributed by atoms with Crippen LogP contribution in [0.2, 0.25) is 0 Å². The van der Waals surface area contributed by atoms with Crippen LogP contribution in [0.4, 0.5) is 13.2 Å². The van der Waals surface area contributed by atoms with Crippen LogP contribution in [0.25, 0.3) is 0 Å². The Labute approximate surface area is 223 Å². The highest BCUT2D eigenvalue weighted by molar-refractivity contribution is 7.09. The molecule has 1 aromatic heterocycles. The number of carboxylic acids is 1. The van der Waals surface area contributed by atoms with E-state index < -0.39 is 12.1 Å². The molecule has 5 rings (SSSR count). The van der Waals surface area contributed by atoms with Gasteiger partial charge in [-0.3, -0.25) is 4.79 Å². The zero-order chi connectivity index (χ0) is 27.2. The molecule has 1 amide bonds. The summed E-state index contributed by atoms with van der Waals surface area (Å²) in [6.07, 6.45) is -0.158. The predicted molar refractivity (Wildman–Crippen MR) is 139 cm³/mol. The Morgan fingerprint density at radius 2 is 1.71 bits per heavy atom. The van der Waals surface area contributed by atoms with E-state index in [4.69, 9.17) is 9.90 Å². The number of likely N-dealkylation sites (tertiary alicyclic amines) is 2. The highest BCUT2D eigenvalue weighted by atomic mass is 32.1. The van der Waals surface area contributed by atoms with E-state index in [1.807, 2.05) is 17.6 Å². The minimum absolute atomic E-state index is 0.189. The second-order valence-electron chi connectivity index (χ2n) is 9.67. The Bertz CT molecular complexity index is 1190. The lowest BCUT2D eigenvalue weighted by Gasteiger charge is -2.42. The Morgan fingerprint density at radius 1 is 1.08 bits per heavy atom. The monoisotopic (exact) mass is 545 g/mol. The first-order valence-corrected chi connectivity index (χ1v) is 13.4. The maximum Gasteiger partial charge on any atom is 0.490 e. The van der Waals surface area contributed by atoms with Gasteiger partial charge in [0.25, 0.3) is 0 Å². The Kier molecular flexibility index (Phi) is 8.83. The number of carbonyl (C=O) groups is 2. The third-order valence-electron chi connectivity index (χ3n) is 7.15. The van der Waals surface area contributed by atoms with Crippen LogP contribution in [0, 0.1) is 5.41 Å². The lowest BCUT2D eigenvalue weighted by atomic mass is 9.71. The van der Waals surface area contributed by atoms with Crippen molar-refractivity contribution in [2.75, 3.05) is 26.2 Å².